The second-order valence-corrected chi connectivity index (χ2v) is 8.23. The van der Waals surface area contributed by atoms with E-state index in [1.807, 2.05) is 28.8 Å². The van der Waals surface area contributed by atoms with Gasteiger partial charge in [-0.25, -0.2) is 4.79 Å². The SMILES string of the molecule is CCOC(=O)c1cn2c(cc1=O)-c1cc(OC)c(OCCCOC)cc1CC2c1ccc(O)cc1. The molecule has 1 unspecified atom stereocenters. The van der Waals surface area contributed by atoms with Crippen molar-refractivity contribution >= 4 is 5.97 Å². The fourth-order valence-corrected chi connectivity index (χ4v) is 4.33. The summed E-state index contributed by atoms with van der Waals surface area (Å²) in [6.07, 6.45) is 2.89. The first-order valence-electron chi connectivity index (χ1n) is 11.5. The van der Waals surface area contributed by atoms with E-state index >= 15 is 0 Å². The molecule has 1 aliphatic rings. The largest absolute Gasteiger partial charge is 0.508 e. The molecule has 2 aromatic carbocycles. The Kier molecular flexibility index (Phi) is 7.41. The monoisotopic (exact) mass is 479 g/mol. The molecule has 2 heterocycles. The van der Waals surface area contributed by atoms with Gasteiger partial charge < -0.3 is 28.6 Å². The summed E-state index contributed by atoms with van der Waals surface area (Å²) in [4.78, 5) is 25.4. The number of phenolic OH excluding ortho intramolecular Hbond substituents is 1. The molecular weight excluding hydrogens is 450 g/mol. The number of methoxy groups -OCH3 is 2. The lowest BCUT2D eigenvalue weighted by Gasteiger charge is -2.32. The number of pyridine rings is 1. The average Bonchev–Trinajstić information content (AvgIpc) is 2.86. The molecule has 0 radical (unpaired) electrons. The van der Waals surface area contributed by atoms with Crippen LogP contribution in [0, 0.1) is 0 Å². The molecule has 0 amide bonds. The van der Waals surface area contributed by atoms with Crippen molar-refractivity contribution in [2.24, 2.45) is 0 Å². The molecule has 4 rings (SSSR count). The quantitative estimate of drug-likeness (QED) is 0.366. The van der Waals surface area contributed by atoms with Gasteiger partial charge in [0.05, 0.1) is 32.1 Å². The number of esters is 1. The zero-order chi connectivity index (χ0) is 24.9. The van der Waals surface area contributed by atoms with Crippen LogP contribution in [0.2, 0.25) is 0 Å². The molecule has 0 spiro atoms. The maximum Gasteiger partial charge on any atom is 0.343 e. The molecule has 8 heteroatoms. The molecule has 0 saturated carbocycles. The van der Waals surface area contributed by atoms with Crippen LogP contribution in [-0.4, -0.2) is 49.7 Å². The van der Waals surface area contributed by atoms with Crippen LogP contribution in [0.3, 0.4) is 0 Å². The van der Waals surface area contributed by atoms with E-state index in [0.717, 1.165) is 23.1 Å². The molecule has 1 atom stereocenters. The van der Waals surface area contributed by atoms with Gasteiger partial charge in [0.25, 0.3) is 0 Å². The highest BCUT2D eigenvalue weighted by Crippen LogP contribution is 2.42. The molecule has 8 nitrogen and oxygen atoms in total. The Morgan fingerprint density at radius 3 is 2.54 bits per heavy atom. The number of benzene rings is 2. The van der Waals surface area contributed by atoms with E-state index in [1.165, 1.54) is 6.07 Å². The third-order valence-corrected chi connectivity index (χ3v) is 6.02. The van der Waals surface area contributed by atoms with E-state index in [0.29, 0.717) is 36.8 Å². The van der Waals surface area contributed by atoms with Crippen LogP contribution in [0.15, 0.2) is 53.5 Å². The number of carbonyl (C=O) groups excluding carboxylic acids is 1. The van der Waals surface area contributed by atoms with Gasteiger partial charge in [-0.3, -0.25) is 4.79 Å². The number of nitrogens with zero attached hydrogens (tertiary/aromatic N) is 1. The maximum absolute atomic E-state index is 12.9. The second-order valence-electron chi connectivity index (χ2n) is 8.23. The first-order valence-corrected chi connectivity index (χ1v) is 11.5. The third kappa shape index (κ3) is 5.02. The molecule has 3 aromatic rings. The first kappa shape index (κ1) is 24.3. The summed E-state index contributed by atoms with van der Waals surface area (Å²) in [5.74, 6) is 0.678. The minimum atomic E-state index is -0.652. The predicted molar refractivity (Wildman–Crippen MR) is 131 cm³/mol. The molecule has 0 bridgehead atoms. The molecule has 35 heavy (non-hydrogen) atoms. The number of aromatic hydroxyl groups is 1. The summed E-state index contributed by atoms with van der Waals surface area (Å²) < 4.78 is 23.7. The van der Waals surface area contributed by atoms with Gasteiger partial charge in [0.1, 0.15) is 11.3 Å². The first-order chi connectivity index (χ1) is 17.0. The highest BCUT2D eigenvalue weighted by atomic mass is 16.5. The molecule has 1 aliphatic heterocycles. The minimum absolute atomic E-state index is 0.0205. The van der Waals surface area contributed by atoms with Gasteiger partial charge in [0.15, 0.2) is 16.9 Å². The van der Waals surface area contributed by atoms with Crippen LogP contribution in [0.5, 0.6) is 17.2 Å². The van der Waals surface area contributed by atoms with Gasteiger partial charge >= 0.3 is 5.97 Å². The summed E-state index contributed by atoms with van der Waals surface area (Å²) in [5.41, 5.74) is 2.96. The molecular formula is C27H29NO7. The smallest absolute Gasteiger partial charge is 0.343 e. The van der Waals surface area contributed by atoms with Gasteiger partial charge in [-0.2, -0.15) is 0 Å². The number of phenols is 1. The second kappa shape index (κ2) is 10.7. The maximum atomic E-state index is 12.9. The van der Waals surface area contributed by atoms with Crippen LogP contribution < -0.4 is 14.9 Å². The van der Waals surface area contributed by atoms with Crippen molar-refractivity contribution in [2.45, 2.75) is 25.8 Å². The number of aromatic nitrogens is 1. The number of rotatable bonds is 9. The third-order valence-electron chi connectivity index (χ3n) is 6.02. The Morgan fingerprint density at radius 2 is 1.86 bits per heavy atom. The Balaban J connectivity index is 1.85. The topological polar surface area (TPSA) is 96.2 Å². The van der Waals surface area contributed by atoms with Crippen LogP contribution in [0.4, 0.5) is 0 Å². The van der Waals surface area contributed by atoms with E-state index in [9.17, 15) is 14.7 Å². The van der Waals surface area contributed by atoms with Crippen molar-refractivity contribution in [3.63, 3.8) is 0 Å². The zero-order valence-corrected chi connectivity index (χ0v) is 20.1. The fraction of sp³-hybridized carbons (Fsp3) is 0.333. The summed E-state index contributed by atoms with van der Waals surface area (Å²) >= 11 is 0. The van der Waals surface area contributed by atoms with Crippen LogP contribution in [0.25, 0.3) is 11.3 Å². The van der Waals surface area contributed by atoms with E-state index in [1.54, 1.807) is 39.5 Å². The van der Waals surface area contributed by atoms with E-state index in [2.05, 4.69) is 0 Å². The van der Waals surface area contributed by atoms with Crippen LogP contribution >= 0.6 is 0 Å². The highest BCUT2D eigenvalue weighted by molar-refractivity contribution is 5.89. The van der Waals surface area contributed by atoms with Gasteiger partial charge in [-0.15, -0.1) is 0 Å². The predicted octanol–water partition coefficient (Wildman–Crippen LogP) is 3.97. The van der Waals surface area contributed by atoms with Crippen molar-refractivity contribution in [3.8, 4) is 28.5 Å². The Hall–Kier alpha value is -3.78. The molecule has 184 valence electrons. The van der Waals surface area contributed by atoms with Crippen LogP contribution in [-0.2, 0) is 15.9 Å². The minimum Gasteiger partial charge on any atom is -0.508 e. The fourth-order valence-electron chi connectivity index (χ4n) is 4.33. The number of carbonyl (C=O) groups is 1. The molecule has 0 saturated heterocycles. The number of ether oxygens (including phenoxy) is 4. The van der Waals surface area contributed by atoms with Crippen molar-refractivity contribution in [1.29, 1.82) is 0 Å². The summed E-state index contributed by atoms with van der Waals surface area (Å²) in [5, 5.41) is 9.79. The van der Waals surface area contributed by atoms with Gasteiger partial charge in [0, 0.05) is 38.0 Å². The van der Waals surface area contributed by atoms with Crippen molar-refractivity contribution in [2.75, 3.05) is 34.0 Å². The lowest BCUT2D eigenvalue weighted by atomic mass is 9.88. The van der Waals surface area contributed by atoms with Gasteiger partial charge in [-0.1, -0.05) is 12.1 Å². The van der Waals surface area contributed by atoms with Gasteiger partial charge in [0.2, 0.25) is 0 Å². The van der Waals surface area contributed by atoms with E-state index < -0.39 is 11.4 Å². The molecule has 0 fully saturated rings. The normalized spacial score (nSPS) is 14.1. The number of hydrogen-bond acceptors (Lipinski definition) is 7. The van der Waals surface area contributed by atoms with E-state index in [4.69, 9.17) is 18.9 Å². The lowest BCUT2D eigenvalue weighted by Crippen LogP contribution is -2.27. The summed E-state index contributed by atoms with van der Waals surface area (Å²) in [7, 11) is 3.22. The molecule has 1 N–H and O–H groups in total. The zero-order valence-electron chi connectivity index (χ0n) is 20.1. The average molecular weight is 480 g/mol. The van der Waals surface area contributed by atoms with E-state index in [-0.39, 0.29) is 24.0 Å². The molecule has 0 aliphatic carbocycles. The Bertz CT molecular complexity index is 1260. The number of fused-ring (bicyclic) bond motifs is 3. The van der Waals surface area contributed by atoms with Crippen LogP contribution in [0.1, 0.15) is 40.9 Å². The Labute approximate surface area is 203 Å². The lowest BCUT2D eigenvalue weighted by molar-refractivity contribution is 0.0523. The highest BCUT2D eigenvalue weighted by Gasteiger charge is 2.29. The van der Waals surface area contributed by atoms with Crippen molar-refractivity contribution in [3.05, 3.63) is 75.6 Å². The number of hydrogen-bond donors (Lipinski definition) is 1. The summed E-state index contributed by atoms with van der Waals surface area (Å²) in [6, 6.07) is 12.0. The summed E-state index contributed by atoms with van der Waals surface area (Å²) in [6.45, 7) is 2.94. The standard InChI is InChI=1S/C27H29NO7/c1-4-34-27(31)21-16-28-22(17-6-8-19(29)9-7-17)12-18-13-26(35-11-5-10-32-2)25(33-3)14-20(18)23(28)15-24(21)30/h6-9,13-16,22,29H,4-5,10-12H2,1-3H3. The molecule has 1 aromatic heterocycles. The van der Waals surface area contributed by atoms with Crippen molar-refractivity contribution in [1.82, 2.24) is 4.57 Å². The Morgan fingerprint density at radius 1 is 1.09 bits per heavy atom. The van der Waals surface area contributed by atoms with Crippen molar-refractivity contribution < 1.29 is 28.8 Å². The van der Waals surface area contributed by atoms with Gasteiger partial charge in [-0.05, 0) is 48.7 Å².